The van der Waals surface area contributed by atoms with Crippen molar-refractivity contribution in [1.82, 2.24) is 15.5 Å². The van der Waals surface area contributed by atoms with Gasteiger partial charge in [0.15, 0.2) is 0 Å². The maximum atomic E-state index is 3.85. The number of benzene rings is 1. The number of likely N-dealkylation sites (tertiary alicyclic amines) is 1. The number of rotatable bonds is 4. The summed E-state index contributed by atoms with van der Waals surface area (Å²) in [6.07, 6.45) is 2.54. The minimum absolute atomic E-state index is 0.518. The Morgan fingerprint density at radius 2 is 2.14 bits per heavy atom. The molecule has 0 aromatic heterocycles. The summed E-state index contributed by atoms with van der Waals surface area (Å²) in [4.78, 5) is 2.61. The van der Waals surface area contributed by atoms with Crippen LogP contribution in [0.1, 0.15) is 43.9 Å². The Morgan fingerprint density at radius 3 is 2.95 bits per heavy atom. The van der Waals surface area contributed by atoms with E-state index in [1.165, 1.54) is 37.1 Å². The lowest BCUT2D eigenvalue weighted by Gasteiger charge is -2.23. The molecular formula is C18H29N3. The summed E-state index contributed by atoms with van der Waals surface area (Å²) in [6.45, 7) is 10.4. The van der Waals surface area contributed by atoms with Gasteiger partial charge in [0.25, 0.3) is 0 Å². The summed E-state index contributed by atoms with van der Waals surface area (Å²) < 4.78 is 0. The van der Waals surface area contributed by atoms with Gasteiger partial charge in [0.2, 0.25) is 0 Å². The first kappa shape index (κ1) is 15.0. The summed E-state index contributed by atoms with van der Waals surface area (Å²) in [6, 6.07) is 10.1. The molecule has 0 amide bonds. The number of nitrogens with one attached hydrogen (secondary N) is 2. The van der Waals surface area contributed by atoms with Crippen LogP contribution in [0.4, 0.5) is 0 Å². The molecule has 2 atom stereocenters. The molecule has 2 heterocycles. The highest BCUT2D eigenvalue weighted by atomic mass is 15.2. The smallest absolute Gasteiger partial charge is 0.0335 e. The van der Waals surface area contributed by atoms with E-state index < -0.39 is 0 Å². The van der Waals surface area contributed by atoms with Crippen molar-refractivity contribution in [3.63, 3.8) is 0 Å². The zero-order valence-corrected chi connectivity index (χ0v) is 13.4. The Bertz CT molecular complexity index is 458. The summed E-state index contributed by atoms with van der Waals surface area (Å²) in [5.74, 6) is 0.816. The van der Waals surface area contributed by atoms with Crippen molar-refractivity contribution in [2.45, 2.75) is 45.3 Å². The number of nitrogens with zero attached hydrogens (tertiary/aromatic N) is 1. The van der Waals surface area contributed by atoms with Crippen LogP contribution in [0.5, 0.6) is 0 Å². The zero-order valence-electron chi connectivity index (χ0n) is 13.4. The monoisotopic (exact) mass is 287 g/mol. The second kappa shape index (κ2) is 6.91. The van der Waals surface area contributed by atoms with Crippen LogP contribution >= 0.6 is 0 Å². The fourth-order valence-electron chi connectivity index (χ4n) is 3.68. The van der Waals surface area contributed by atoms with Crippen LogP contribution in [-0.2, 0) is 6.54 Å². The summed E-state index contributed by atoms with van der Waals surface area (Å²) in [5.41, 5.74) is 2.96. The Kier molecular flexibility index (Phi) is 4.94. The molecule has 3 nitrogen and oxygen atoms in total. The molecule has 3 heteroatoms. The molecule has 0 bridgehead atoms. The first-order valence-corrected chi connectivity index (χ1v) is 8.50. The maximum Gasteiger partial charge on any atom is 0.0335 e. The zero-order chi connectivity index (χ0) is 14.7. The van der Waals surface area contributed by atoms with Gasteiger partial charge in [-0.15, -0.1) is 0 Å². The number of hydrogen-bond donors (Lipinski definition) is 2. The SMILES string of the molecule is CC(C)N1CCC(CNC2CCNCc3ccccc32)C1. The molecule has 0 radical (unpaired) electrons. The molecule has 1 saturated heterocycles. The molecule has 116 valence electrons. The molecular weight excluding hydrogens is 258 g/mol. The van der Waals surface area contributed by atoms with Gasteiger partial charge in [-0.05, 0) is 63.4 Å². The van der Waals surface area contributed by atoms with Crippen LogP contribution in [-0.4, -0.2) is 37.1 Å². The second-order valence-corrected chi connectivity index (χ2v) is 6.87. The average molecular weight is 287 g/mol. The first-order chi connectivity index (χ1) is 10.2. The van der Waals surface area contributed by atoms with E-state index in [0.717, 1.165) is 25.6 Å². The van der Waals surface area contributed by atoms with E-state index in [0.29, 0.717) is 12.1 Å². The van der Waals surface area contributed by atoms with Crippen molar-refractivity contribution in [3.8, 4) is 0 Å². The standard InChI is InChI=1S/C18H29N3/c1-14(2)21-10-8-15(13-21)11-20-18-7-9-19-12-16-5-3-4-6-17(16)18/h3-6,14-15,18-20H,7-13H2,1-2H3. The van der Waals surface area contributed by atoms with E-state index in [4.69, 9.17) is 0 Å². The van der Waals surface area contributed by atoms with E-state index >= 15 is 0 Å². The molecule has 1 aromatic carbocycles. The van der Waals surface area contributed by atoms with Gasteiger partial charge in [0.1, 0.15) is 0 Å². The van der Waals surface area contributed by atoms with E-state index in [-0.39, 0.29) is 0 Å². The van der Waals surface area contributed by atoms with Crippen molar-refractivity contribution in [2.75, 3.05) is 26.2 Å². The third-order valence-corrected chi connectivity index (χ3v) is 5.06. The van der Waals surface area contributed by atoms with Crippen LogP contribution in [0.25, 0.3) is 0 Å². The fraction of sp³-hybridized carbons (Fsp3) is 0.667. The Hall–Kier alpha value is -0.900. The quantitative estimate of drug-likeness (QED) is 0.891. The van der Waals surface area contributed by atoms with E-state index in [2.05, 4.69) is 53.6 Å². The van der Waals surface area contributed by atoms with E-state index in [1.807, 2.05) is 0 Å². The minimum Gasteiger partial charge on any atom is -0.313 e. The summed E-state index contributed by atoms with van der Waals surface area (Å²) in [5, 5.41) is 7.39. The lowest BCUT2D eigenvalue weighted by Crippen LogP contribution is -2.32. The van der Waals surface area contributed by atoms with Gasteiger partial charge in [0.05, 0.1) is 0 Å². The normalized spacial score (nSPS) is 26.8. The topological polar surface area (TPSA) is 27.3 Å². The molecule has 0 spiro atoms. The van der Waals surface area contributed by atoms with Crippen molar-refractivity contribution >= 4 is 0 Å². The number of hydrogen-bond acceptors (Lipinski definition) is 3. The van der Waals surface area contributed by atoms with Crippen LogP contribution in [0.2, 0.25) is 0 Å². The number of fused-ring (bicyclic) bond motifs is 1. The third kappa shape index (κ3) is 3.65. The maximum absolute atomic E-state index is 3.85. The molecule has 2 aliphatic rings. The molecule has 21 heavy (non-hydrogen) atoms. The largest absolute Gasteiger partial charge is 0.313 e. The lowest BCUT2D eigenvalue weighted by atomic mass is 9.98. The molecule has 1 fully saturated rings. The van der Waals surface area contributed by atoms with Crippen molar-refractivity contribution in [3.05, 3.63) is 35.4 Å². The Labute approximate surface area is 129 Å². The van der Waals surface area contributed by atoms with Gasteiger partial charge < -0.3 is 15.5 Å². The summed E-state index contributed by atoms with van der Waals surface area (Å²) in [7, 11) is 0. The van der Waals surface area contributed by atoms with E-state index in [9.17, 15) is 0 Å². The van der Waals surface area contributed by atoms with Crippen LogP contribution < -0.4 is 10.6 Å². The minimum atomic E-state index is 0.518. The third-order valence-electron chi connectivity index (χ3n) is 5.06. The predicted molar refractivity (Wildman–Crippen MR) is 88.3 cm³/mol. The summed E-state index contributed by atoms with van der Waals surface area (Å²) >= 11 is 0. The van der Waals surface area contributed by atoms with Gasteiger partial charge in [0, 0.05) is 25.2 Å². The van der Waals surface area contributed by atoms with Crippen LogP contribution in [0.3, 0.4) is 0 Å². The van der Waals surface area contributed by atoms with Gasteiger partial charge in [-0.2, -0.15) is 0 Å². The predicted octanol–water partition coefficient (Wildman–Crippen LogP) is 2.54. The van der Waals surface area contributed by atoms with Crippen molar-refractivity contribution < 1.29 is 0 Å². The van der Waals surface area contributed by atoms with E-state index in [1.54, 1.807) is 0 Å². The van der Waals surface area contributed by atoms with Crippen LogP contribution in [0.15, 0.2) is 24.3 Å². The molecule has 2 aliphatic heterocycles. The lowest BCUT2D eigenvalue weighted by molar-refractivity contribution is 0.262. The van der Waals surface area contributed by atoms with Gasteiger partial charge in [-0.3, -0.25) is 0 Å². The highest BCUT2D eigenvalue weighted by molar-refractivity contribution is 5.31. The first-order valence-electron chi connectivity index (χ1n) is 8.50. The molecule has 3 rings (SSSR count). The molecule has 0 saturated carbocycles. The molecule has 0 aliphatic carbocycles. The van der Waals surface area contributed by atoms with Gasteiger partial charge in [-0.25, -0.2) is 0 Å². The Morgan fingerprint density at radius 1 is 1.29 bits per heavy atom. The fourth-order valence-corrected chi connectivity index (χ4v) is 3.68. The van der Waals surface area contributed by atoms with Crippen LogP contribution in [0, 0.1) is 5.92 Å². The molecule has 2 unspecified atom stereocenters. The van der Waals surface area contributed by atoms with Gasteiger partial charge >= 0.3 is 0 Å². The highest BCUT2D eigenvalue weighted by Gasteiger charge is 2.25. The van der Waals surface area contributed by atoms with Gasteiger partial charge in [-0.1, -0.05) is 24.3 Å². The van der Waals surface area contributed by atoms with Crippen molar-refractivity contribution in [1.29, 1.82) is 0 Å². The molecule has 2 N–H and O–H groups in total. The molecule has 1 aromatic rings. The highest BCUT2D eigenvalue weighted by Crippen LogP contribution is 2.25. The second-order valence-electron chi connectivity index (χ2n) is 6.87. The Balaban J connectivity index is 1.58. The average Bonchev–Trinajstić information content (AvgIpc) is 2.87. The van der Waals surface area contributed by atoms with Crippen molar-refractivity contribution in [2.24, 2.45) is 5.92 Å².